The largest absolute Gasteiger partial charge is 0.383 e. The molecule has 3 heterocycles. The Labute approximate surface area is 207 Å². The molecule has 1 saturated carbocycles. The molecule has 4 aliphatic rings. The zero-order chi connectivity index (χ0) is 24.4. The van der Waals surface area contributed by atoms with Crippen LogP contribution in [0.1, 0.15) is 66.8 Å². The van der Waals surface area contributed by atoms with Gasteiger partial charge in [-0.1, -0.05) is 25.0 Å². The second-order valence-electron chi connectivity index (χ2n) is 10.5. The van der Waals surface area contributed by atoms with E-state index >= 15 is 0 Å². The predicted molar refractivity (Wildman–Crippen MR) is 130 cm³/mol. The highest BCUT2D eigenvalue weighted by molar-refractivity contribution is 6.01. The zero-order valence-corrected chi connectivity index (χ0v) is 20.7. The molecule has 1 aromatic rings. The summed E-state index contributed by atoms with van der Waals surface area (Å²) >= 11 is 0. The van der Waals surface area contributed by atoms with Gasteiger partial charge in [0.1, 0.15) is 18.2 Å². The molecule has 4 fully saturated rings. The van der Waals surface area contributed by atoms with Crippen molar-refractivity contribution >= 4 is 17.6 Å². The number of piperidine rings is 1. The van der Waals surface area contributed by atoms with Gasteiger partial charge in [-0.15, -0.1) is 0 Å². The number of ketones is 1. The molecule has 0 unspecified atom stereocenters. The van der Waals surface area contributed by atoms with E-state index in [0.29, 0.717) is 37.3 Å². The Hall–Kier alpha value is -2.29. The lowest BCUT2D eigenvalue weighted by Crippen LogP contribution is -2.60. The van der Waals surface area contributed by atoms with E-state index in [1.807, 2.05) is 12.1 Å². The van der Waals surface area contributed by atoms with Gasteiger partial charge in [-0.2, -0.15) is 0 Å². The number of nitrogens with zero attached hydrogens (tertiary/aromatic N) is 2. The zero-order valence-electron chi connectivity index (χ0n) is 20.7. The minimum Gasteiger partial charge on any atom is -0.383 e. The first-order valence-electron chi connectivity index (χ1n) is 13.1. The highest BCUT2D eigenvalue weighted by atomic mass is 16.5. The molecular formula is C27H37N3O5. The summed E-state index contributed by atoms with van der Waals surface area (Å²) in [6, 6.07) is 7.40. The molecule has 2 amide bonds. The monoisotopic (exact) mass is 483 g/mol. The molecule has 3 aliphatic heterocycles. The number of hydrogen-bond donors (Lipinski definition) is 1. The van der Waals surface area contributed by atoms with Crippen LogP contribution in [0.3, 0.4) is 0 Å². The smallest absolute Gasteiger partial charge is 0.252 e. The van der Waals surface area contributed by atoms with Crippen LogP contribution < -0.4 is 5.32 Å². The van der Waals surface area contributed by atoms with Gasteiger partial charge >= 0.3 is 0 Å². The highest BCUT2D eigenvalue weighted by Gasteiger charge is 2.53. The Morgan fingerprint density at radius 2 is 1.80 bits per heavy atom. The Kier molecular flexibility index (Phi) is 7.23. The van der Waals surface area contributed by atoms with E-state index in [0.717, 1.165) is 51.9 Å². The minimum absolute atomic E-state index is 0.0274. The summed E-state index contributed by atoms with van der Waals surface area (Å²) in [5.41, 5.74) is 0.912. The van der Waals surface area contributed by atoms with Crippen LogP contribution in [0.25, 0.3) is 0 Å². The molecule has 0 aromatic heterocycles. The molecule has 8 heteroatoms. The van der Waals surface area contributed by atoms with E-state index in [-0.39, 0.29) is 30.3 Å². The van der Waals surface area contributed by atoms with Crippen molar-refractivity contribution in [3.05, 3.63) is 35.4 Å². The van der Waals surface area contributed by atoms with E-state index in [2.05, 4.69) is 22.3 Å². The van der Waals surface area contributed by atoms with Gasteiger partial charge in [0.25, 0.3) is 5.91 Å². The fourth-order valence-electron chi connectivity index (χ4n) is 6.37. The van der Waals surface area contributed by atoms with Gasteiger partial charge < -0.3 is 24.6 Å². The number of methoxy groups -OCH3 is 1. The van der Waals surface area contributed by atoms with Crippen molar-refractivity contribution in [1.82, 2.24) is 15.1 Å². The maximum absolute atomic E-state index is 13.7. The lowest BCUT2D eigenvalue weighted by molar-refractivity contribution is -0.142. The fourth-order valence-corrected chi connectivity index (χ4v) is 6.37. The fraction of sp³-hybridized carbons (Fsp3) is 0.667. The number of carbonyl (C=O) groups excluding carboxylic acids is 3. The number of hydrogen-bond acceptors (Lipinski definition) is 6. The topological polar surface area (TPSA) is 88.2 Å². The first-order valence-corrected chi connectivity index (χ1v) is 13.1. The molecule has 0 bridgehead atoms. The maximum atomic E-state index is 13.7. The summed E-state index contributed by atoms with van der Waals surface area (Å²) in [6.07, 6.45) is 5.70. The summed E-state index contributed by atoms with van der Waals surface area (Å²) in [7, 11) is 1.74. The lowest BCUT2D eigenvalue weighted by Gasteiger charge is -2.35. The van der Waals surface area contributed by atoms with Crippen molar-refractivity contribution in [2.24, 2.45) is 0 Å². The normalized spacial score (nSPS) is 26.8. The number of rotatable bonds is 7. The quantitative estimate of drug-likeness (QED) is 0.639. The number of ether oxygens (including phenoxy) is 2. The van der Waals surface area contributed by atoms with Crippen LogP contribution in [0.4, 0.5) is 0 Å². The van der Waals surface area contributed by atoms with Crippen LogP contribution in [-0.4, -0.2) is 91.6 Å². The second-order valence-corrected chi connectivity index (χ2v) is 10.5. The molecule has 8 nitrogen and oxygen atoms in total. The van der Waals surface area contributed by atoms with Crippen molar-refractivity contribution in [1.29, 1.82) is 0 Å². The van der Waals surface area contributed by atoms with Gasteiger partial charge in [0.15, 0.2) is 5.78 Å². The molecule has 5 rings (SSSR count). The van der Waals surface area contributed by atoms with Gasteiger partial charge in [-0.25, -0.2) is 0 Å². The Morgan fingerprint density at radius 3 is 2.49 bits per heavy atom. The number of fused-ring (bicyclic) bond motifs is 1. The third-order valence-corrected chi connectivity index (χ3v) is 8.44. The molecule has 1 aromatic carbocycles. The standard InChI is InChI=1S/C27H37N3O5/c1-34-17-16-29-13-8-20(9-14-29)19-4-6-21(7-5-19)25(32)28-27(11-2-3-12-27)26(33)30-15-10-23-24(30)22(31)18-35-23/h4-7,20,23-24H,2-3,8-18H2,1H3,(H,28,32)/t23-,24-/m1/s1. The lowest BCUT2D eigenvalue weighted by atomic mass is 9.88. The Bertz CT molecular complexity index is 935. The maximum Gasteiger partial charge on any atom is 0.252 e. The number of amides is 2. The van der Waals surface area contributed by atoms with E-state index in [1.54, 1.807) is 12.0 Å². The van der Waals surface area contributed by atoms with Crippen molar-refractivity contribution in [2.75, 3.05) is 46.5 Å². The molecule has 190 valence electrons. The Balaban J connectivity index is 1.23. The summed E-state index contributed by atoms with van der Waals surface area (Å²) in [5, 5.41) is 3.10. The number of Topliss-reactive ketones (excluding diaryl/α,β-unsaturated/α-hetero) is 1. The minimum atomic E-state index is -0.928. The van der Waals surface area contributed by atoms with Crippen molar-refractivity contribution in [2.45, 2.75) is 68.5 Å². The van der Waals surface area contributed by atoms with Crippen molar-refractivity contribution < 1.29 is 23.9 Å². The average molecular weight is 484 g/mol. The average Bonchev–Trinajstić information content (AvgIpc) is 3.62. The molecule has 3 saturated heterocycles. The summed E-state index contributed by atoms with van der Waals surface area (Å²) < 4.78 is 10.7. The summed E-state index contributed by atoms with van der Waals surface area (Å²) in [6.45, 7) is 4.46. The van der Waals surface area contributed by atoms with Crippen LogP contribution in [0, 0.1) is 0 Å². The van der Waals surface area contributed by atoms with Crippen LogP contribution in [0.2, 0.25) is 0 Å². The summed E-state index contributed by atoms with van der Waals surface area (Å²) in [4.78, 5) is 43.4. The first-order chi connectivity index (χ1) is 17.0. The number of benzene rings is 1. The molecule has 2 atom stereocenters. The molecule has 0 radical (unpaired) electrons. The van der Waals surface area contributed by atoms with E-state index < -0.39 is 11.6 Å². The Morgan fingerprint density at radius 1 is 1.09 bits per heavy atom. The third kappa shape index (κ3) is 4.88. The van der Waals surface area contributed by atoms with Gasteiger partial charge in [-0.3, -0.25) is 14.4 Å². The highest BCUT2D eigenvalue weighted by Crippen LogP contribution is 2.36. The van der Waals surface area contributed by atoms with Crippen LogP contribution in [0.5, 0.6) is 0 Å². The molecule has 35 heavy (non-hydrogen) atoms. The van der Waals surface area contributed by atoms with Gasteiger partial charge in [-0.05, 0) is 68.8 Å². The van der Waals surface area contributed by atoms with Crippen LogP contribution in [-0.2, 0) is 19.1 Å². The van der Waals surface area contributed by atoms with Crippen LogP contribution in [0.15, 0.2) is 24.3 Å². The molecule has 0 spiro atoms. The first kappa shape index (κ1) is 24.4. The van der Waals surface area contributed by atoms with Crippen molar-refractivity contribution in [3.63, 3.8) is 0 Å². The summed E-state index contributed by atoms with van der Waals surface area (Å²) in [5.74, 6) is 0.140. The van der Waals surface area contributed by atoms with E-state index in [4.69, 9.17) is 9.47 Å². The van der Waals surface area contributed by atoms with Crippen molar-refractivity contribution in [3.8, 4) is 0 Å². The molecular weight excluding hydrogens is 446 g/mol. The number of carbonyl (C=O) groups is 3. The van der Waals surface area contributed by atoms with Gasteiger partial charge in [0.05, 0.1) is 12.7 Å². The van der Waals surface area contributed by atoms with Gasteiger partial charge in [0.2, 0.25) is 5.91 Å². The molecule has 1 aliphatic carbocycles. The predicted octanol–water partition coefficient (Wildman–Crippen LogP) is 2.12. The third-order valence-electron chi connectivity index (χ3n) is 8.44. The SMILES string of the molecule is COCCN1CCC(c2ccc(C(=O)NC3(C(=O)N4CC[C@H]5OCC(=O)[C@H]54)CCCC3)cc2)CC1. The second kappa shape index (κ2) is 10.4. The number of nitrogens with one attached hydrogen (secondary N) is 1. The number of likely N-dealkylation sites (tertiary alicyclic amines) is 2. The van der Waals surface area contributed by atoms with E-state index in [1.165, 1.54) is 5.56 Å². The van der Waals surface area contributed by atoms with Gasteiger partial charge in [0, 0.05) is 25.8 Å². The van der Waals surface area contributed by atoms with E-state index in [9.17, 15) is 14.4 Å². The molecule has 1 N–H and O–H groups in total. The van der Waals surface area contributed by atoms with Crippen LogP contribution >= 0.6 is 0 Å².